The monoisotopic (exact) mass is 455 g/mol. The Morgan fingerprint density at radius 1 is 1.00 bits per heavy atom. The van der Waals surface area contributed by atoms with E-state index in [0.717, 1.165) is 41.5 Å². The molecule has 0 spiro atoms. The molecular weight excluding hydrogens is 430 g/mol. The fraction of sp³-hybridized carbons (Fsp3) is 0.259. The van der Waals surface area contributed by atoms with Gasteiger partial charge in [-0.15, -0.1) is 0 Å². The van der Waals surface area contributed by atoms with Crippen molar-refractivity contribution < 1.29 is 18.4 Å². The van der Waals surface area contributed by atoms with Crippen LogP contribution in [0.1, 0.15) is 44.7 Å². The number of fused-ring (bicyclic) bond motifs is 1. The van der Waals surface area contributed by atoms with E-state index in [-0.39, 0.29) is 11.9 Å². The number of aromatic nitrogens is 1. The molecule has 0 N–H and O–H groups in total. The summed E-state index contributed by atoms with van der Waals surface area (Å²) < 4.78 is 16.5. The molecule has 2 aliphatic heterocycles. The SMILES string of the molecule is O=C1c2cc(N3CCOCC3)c(Cc3ccccc3)nc2C(c2ccoc2)N1Cc1ccco1. The van der Waals surface area contributed by atoms with Gasteiger partial charge in [0.15, 0.2) is 0 Å². The molecule has 0 saturated carbocycles. The van der Waals surface area contributed by atoms with E-state index >= 15 is 0 Å². The average Bonchev–Trinajstić information content (AvgIpc) is 3.63. The van der Waals surface area contributed by atoms with E-state index in [1.807, 2.05) is 47.4 Å². The van der Waals surface area contributed by atoms with Crippen LogP contribution >= 0.6 is 0 Å². The van der Waals surface area contributed by atoms with Crippen molar-refractivity contribution in [3.05, 3.63) is 107 Å². The van der Waals surface area contributed by atoms with E-state index in [0.29, 0.717) is 31.7 Å². The summed E-state index contributed by atoms with van der Waals surface area (Å²) in [5.74, 6) is 0.679. The molecule has 7 heteroatoms. The highest BCUT2D eigenvalue weighted by molar-refractivity contribution is 6.00. The molecule has 4 aromatic rings. The highest BCUT2D eigenvalue weighted by atomic mass is 16.5. The van der Waals surface area contributed by atoms with Crippen LogP contribution in [0.4, 0.5) is 5.69 Å². The smallest absolute Gasteiger partial charge is 0.257 e. The lowest BCUT2D eigenvalue weighted by Gasteiger charge is -2.30. The summed E-state index contributed by atoms with van der Waals surface area (Å²) in [5, 5.41) is 0. The van der Waals surface area contributed by atoms with Gasteiger partial charge in [0.25, 0.3) is 5.91 Å². The Morgan fingerprint density at radius 3 is 2.59 bits per heavy atom. The lowest BCUT2D eigenvalue weighted by Crippen LogP contribution is -2.37. The van der Waals surface area contributed by atoms with Crippen molar-refractivity contribution in [3.63, 3.8) is 0 Å². The minimum absolute atomic E-state index is 0.0501. The van der Waals surface area contributed by atoms with Crippen LogP contribution < -0.4 is 4.90 Å². The number of rotatable bonds is 6. The molecule has 7 nitrogen and oxygen atoms in total. The van der Waals surface area contributed by atoms with Gasteiger partial charge in [-0.05, 0) is 29.8 Å². The van der Waals surface area contributed by atoms with Gasteiger partial charge in [-0.25, -0.2) is 0 Å². The number of nitrogens with zero attached hydrogens (tertiary/aromatic N) is 3. The van der Waals surface area contributed by atoms with Crippen LogP contribution in [0.2, 0.25) is 0 Å². The van der Waals surface area contributed by atoms with Crippen molar-refractivity contribution in [1.82, 2.24) is 9.88 Å². The van der Waals surface area contributed by atoms with Gasteiger partial charge in [-0.3, -0.25) is 9.78 Å². The van der Waals surface area contributed by atoms with Crippen molar-refractivity contribution in [3.8, 4) is 0 Å². The maximum absolute atomic E-state index is 13.7. The Labute approximate surface area is 197 Å². The topological polar surface area (TPSA) is 72.0 Å². The van der Waals surface area contributed by atoms with E-state index < -0.39 is 0 Å². The van der Waals surface area contributed by atoms with Gasteiger partial charge in [0.2, 0.25) is 0 Å². The van der Waals surface area contributed by atoms with E-state index in [4.69, 9.17) is 18.6 Å². The highest BCUT2D eigenvalue weighted by Gasteiger charge is 2.41. The van der Waals surface area contributed by atoms with Gasteiger partial charge >= 0.3 is 0 Å². The summed E-state index contributed by atoms with van der Waals surface area (Å²) in [4.78, 5) is 23.0. The zero-order valence-electron chi connectivity index (χ0n) is 18.7. The molecule has 0 bridgehead atoms. The first-order valence-corrected chi connectivity index (χ1v) is 11.5. The second kappa shape index (κ2) is 8.83. The average molecular weight is 456 g/mol. The van der Waals surface area contributed by atoms with Gasteiger partial charge < -0.3 is 23.4 Å². The minimum atomic E-state index is -0.334. The molecule has 3 aromatic heterocycles. The molecule has 1 unspecified atom stereocenters. The zero-order valence-corrected chi connectivity index (χ0v) is 18.7. The summed E-state index contributed by atoms with van der Waals surface area (Å²) in [6, 6.07) is 17.6. The number of pyridine rings is 1. The molecule has 0 radical (unpaired) electrons. The van der Waals surface area contributed by atoms with E-state index in [9.17, 15) is 4.79 Å². The van der Waals surface area contributed by atoms with Crippen molar-refractivity contribution in [2.45, 2.75) is 19.0 Å². The van der Waals surface area contributed by atoms with Crippen LogP contribution in [-0.2, 0) is 17.7 Å². The number of carbonyl (C=O) groups is 1. The standard InChI is InChI=1S/C27H25N3O4/c31-27-22-16-24(29-9-13-32-14-10-29)23(15-19-5-2-1-3-6-19)28-25(22)26(20-8-12-33-18-20)30(27)17-21-7-4-11-34-21/h1-8,11-12,16,18,26H,9-10,13-15,17H2. The van der Waals surface area contributed by atoms with Gasteiger partial charge in [-0.2, -0.15) is 0 Å². The number of carbonyl (C=O) groups excluding carboxylic acids is 1. The lowest BCUT2D eigenvalue weighted by molar-refractivity contribution is 0.0721. The van der Waals surface area contributed by atoms with Crippen LogP contribution in [0.15, 0.2) is 82.2 Å². The molecular formula is C27H25N3O4. The Balaban J connectivity index is 1.47. The molecule has 6 rings (SSSR count). The van der Waals surface area contributed by atoms with Gasteiger partial charge in [-0.1, -0.05) is 30.3 Å². The normalized spacial score (nSPS) is 17.9. The third-order valence-corrected chi connectivity index (χ3v) is 6.50. The molecule has 1 aromatic carbocycles. The fourth-order valence-corrected chi connectivity index (χ4v) is 4.86. The third-order valence-electron chi connectivity index (χ3n) is 6.50. The molecule has 1 atom stereocenters. The van der Waals surface area contributed by atoms with Gasteiger partial charge in [0.1, 0.15) is 11.8 Å². The fourth-order valence-electron chi connectivity index (χ4n) is 4.86. The van der Waals surface area contributed by atoms with Crippen LogP contribution in [-0.4, -0.2) is 42.1 Å². The van der Waals surface area contributed by atoms with Gasteiger partial charge in [0.05, 0.1) is 61.2 Å². The molecule has 34 heavy (non-hydrogen) atoms. The van der Waals surface area contributed by atoms with Crippen molar-refractivity contribution in [1.29, 1.82) is 0 Å². The lowest BCUT2D eigenvalue weighted by atomic mass is 10.0. The third kappa shape index (κ3) is 3.78. The number of furan rings is 2. The number of morpholine rings is 1. The summed E-state index contributed by atoms with van der Waals surface area (Å²) in [7, 11) is 0. The summed E-state index contributed by atoms with van der Waals surface area (Å²) in [6.07, 6.45) is 5.64. The Hall–Kier alpha value is -3.84. The van der Waals surface area contributed by atoms with Crippen molar-refractivity contribution >= 4 is 11.6 Å². The molecule has 0 aliphatic carbocycles. The quantitative estimate of drug-likeness (QED) is 0.428. The zero-order chi connectivity index (χ0) is 22.9. The minimum Gasteiger partial charge on any atom is -0.472 e. The second-order valence-electron chi connectivity index (χ2n) is 8.62. The van der Waals surface area contributed by atoms with E-state index in [1.165, 1.54) is 5.56 Å². The Morgan fingerprint density at radius 2 is 1.85 bits per heavy atom. The summed E-state index contributed by atoms with van der Waals surface area (Å²) >= 11 is 0. The molecule has 5 heterocycles. The van der Waals surface area contributed by atoms with Crippen LogP contribution in [0.5, 0.6) is 0 Å². The first-order valence-electron chi connectivity index (χ1n) is 11.5. The van der Waals surface area contributed by atoms with Gasteiger partial charge in [0, 0.05) is 25.1 Å². The van der Waals surface area contributed by atoms with Crippen LogP contribution in [0, 0.1) is 0 Å². The van der Waals surface area contributed by atoms with E-state index in [2.05, 4.69) is 17.0 Å². The summed E-state index contributed by atoms with van der Waals surface area (Å²) in [5.41, 5.74) is 5.45. The first-order chi connectivity index (χ1) is 16.8. The number of anilines is 1. The van der Waals surface area contributed by atoms with E-state index in [1.54, 1.807) is 18.8 Å². The molecule has 1 fully saturated rings. The largest absolute Gasteiger partial charge is 0.472 e. The predicted octanol–water partition coefficient (Wildman–Crippen LogP) is 4.44. The number of hydrogen-bond acceptors (Lipinski definition) is 6. The number of amides is 1. The maximum Gasteiger partial charge on any atom is 0.257 e. The van der Waals surface area contributed by atoms with Crippen molar-refractivity contribution in [2.75, 3.05) is 31.2 Å². The summed E-state index contributed by atoms with van der Waals surface area (Å²) in [6.45, 7) is 3.24. The first kappa shape index (κ1) is 20.7. The Bertz CT molecular complexity index is 1260. The molecule has 172 valence electrons. The number of benzene rings is 1. The Kier molecular flexibility index (Phi) is 5.39. The molecule has 2 aliphatic rings. The predicted molar refractivity (Wildman–Crippen MR) is 126 cm³/mol. The van der Waals surface area contributed by atoms with Crippen LogP contribution in [0.3, 0.4) is 0 Å². The maximum atomic E-state index is 13.7. The number of hydrogen-bond donors (Lipinski definition) is 0. The molecule has 1 amide bonds. The number of ether oxygens (including phenoxy) is 1. The molecule has 1 saturated heterocycles. The van der Waals surface area contributed by atoms with Crippen LogP contribution in [0.25, 0.3) is 0 Å². The highest BCUT2D eigenvalue weighted by Crippen LogP contribution is 2.41. The van der Waals surface area contributed by atoms with Crippen molar-refractivity contribution in [2.24, 2.45) is 0 Å². The second-order valence-corrected chi connectivity index (χ2v) is 8.62.